The lowest BCUT2D eigenvalue weighted by molar-refractivity contribution is 0.691. The monoisotopic (exact) mass is 344 g/mol. The van der Waals surface area contributed by atoms with Gasteiger partial charge in [-0.3, -0.25) is 0 Å². The number of nitrogens with zero attached hydrogens (tertiary/aromatic N) is 5. The van der Waals surface area contributed by atoms with Crippen molar-refractivity contribution in [1.29, 1.82) is 0 Å². The summed E-state index contributed by atoms with van der Waals surface area (Å²) in [4.78, 5) is 19.3. The van der Waals surface area contributed by atoms with Crippen molar-refractivity contribution in [3.8, 4) is 0 Å². The van der Waals surface area contributed by atoms with Gasteiger partial charge in [-0.25, -0.2) is 14.6 Å². The van der Waals surface area contributed by atoms with Crippen LogP contribution in [0.15, 0.2) is 66.1 Å². The minimum atomic E-state index is 0.389. The van der Waals surface area contributed by atoms with E-state index in [0.29, 0.717) is 30.1 Å². The van der Waals surface area contributed by atoms with Gasteiger partial charge in [-0.1, -0.05) is 42.5 Å². The summed E-state index contributed by atoms with van der Waals surface area (Å²) in [5.41, 5.74) is 10.0. The molecule has 2 N–H and O–H groups in total. The Balaban J connectivity index is 1.78. The first-order valence-electron chi connectivity index (χ1n) is 8.16. The molecule has 0 fully saturated rings. The maximum atomic E-state index is 10.8. The number of anilines is 1. The number of rotatable bonds is 5. The van der Waals surface area contributed by atoms with Crippen molar-refractivity contribution in [2.45, 2.75) is 13.0 Å². The van der Waals surface area contributed by atoms with E-state index in [0.717, 1.165) is 22.2 Å². The predicted octanol–water partition coefficient (Wildman–Crippen LogP) is 3.45. The number of nitrogens with two attached hydrogens (primary N) is 1. The molecule has 4 rings (SSSR count). The molecule has 2 aromatic carbocycles. The summed E-state index contributed by atoms with van der Waals surface area (Å²) in [7, 11) is 0. The highest BCUT2D eigenvalue weighted by Crippen LogP contribution is 2.25. The maximum Gasteiger partial charge on any atom is 0.163 e. The van der Waals surface area contributed by atoms with E-state index in [-0.39, 0.29) is 0 Å². The van der Waals surface area contributed by atoms with Crippen LogP contribution in [-0.4, -0.2) is 19.7 Å². The van der Waals surface area contributed by atoms with Crippen molar-refractivity contribution in [2.75, 3.05) is 5.73 Å². The summed E-state index contributed by atoms with van der Waals surface area (Å²) < 4.78 is 1.83. The standard InChI is InChI=1S/C19H16N6O/c20-18-17-16(10-14-7-4-8-15(9-14)24-26)23-25(19(17)22-12-21-18)11-13-5-2-1-3-6-13/h1-9,12H,10-11H2,(H2,20,21,22). The molecule has 0 bridgehead atoms. The number of nitroso groups, excluding NO2 is 1. The molecule has 2 aromatic heterocycles. The van der Waals surface area contributed by atoms with Crippen LogP contribution in [-0.2, 0) is 13.0 Å². The molecule has 26 heavy (non-hydrogen) atoms. The molecule has 0 atom stereocenters. The van der Waals surface area contributed by atoms with Crippen LogP contribution in [0.5, 0.6) is 0 Å². The molecular formula is C19H16N6O. The number of fused-ring (bicyclic) bond motifs is 1. The van der Waals surface area contributed by atoms with E-state index < -0.39 is 0 Å². The fourth-order valence-corrected chi connectivity index (χ4v) is 3.01. The van der Waals surface area contributed by atoms with Gasteiger partial charge in [0.1, 0.15) is 17.8 Å². The Kier molecular flexibility index (Phi) is 4.10. The van der Waals surface area contributed by atoms with E-state index in [4.69, 9.17) is 10.8 Å². The van der Waals surface area contributed by atoms with Crippen molar-refractivity contribution in [1.82, 2.24) is 19.7 Å². The van der Waals surface area contributed by atoms with Gasteiger partial charge in [0.2, 0.25) is 0 Å². The van der Waals surface area contributed by atoms with Crippen LogP contribution in [0.25, 0.3) is 11.0 Å². The molecule has 7 heteroatoms. The smallest absolute Gasteiger partial charge is 0.163 e. The van der Waals surface area contributed by atoms with Crippen LogP contribution in [0, 0.1) is 4.91 Å². The van der Waals surface area contributed by atoms with Crippen molar-refractivity contribution in [3.05, 3.63) is 82.7 Å². The average molecular weight is 344 g/mol. The second kappa shape index (κ2) is 6.72. The molecule has 0 unspecified atom stereocenters. The molecule has 2 heterocycles. The van der Waals surface area contributed by atoms with E-state index in [9.17, 15) is 4.91 Å². The highest BCUT2D eigenvalue weighted by molar-refractivity contribution is 5.88. The van der Waals surface area contributed by atoms with Crippen molar-refractivity contribution >= 4 is 22.5 Å². The zero-order valence-electron chi connectivity index (χ0n) is 13.9. The second-order valence-corrected chi connectivity index (χ2v) is 5.99. The molecule has 0 aliphatic rings. The largest absolute Gasteiger partial charge is 0.383 e. The van der Waals surface area contributed by atoms with Crippen molar-refractivity contribution in [2.24, 2.45) is 5.18 Å². The van der Waals surface area contributed by atoms with Crippen molar-refractivity contribution in [3.63, 3.8) is 0 Å². The quantitative estimate of drug-likeness (QED) is 0.559. The molecule has 0 aliphatic heterocycles. The Morgan fingerprint density at radius 1 is 1.00 bits per heavy atom. The fourth-order valence-electron chi connectivity index (χ4n) is 3.01. The highest BCUT2D eigenvalue weighted by atomic mass is 16.3. The molecule has 0 spiro atoms. The van der Waals surface area contributed by atoms with Crippen LogP contribution >= 0.6 is 0 Å². The highest BCUT2D eigenvalue weighted by Gasteiger charge is 2.16. The lowest BCUT2D eigenvalue weighted by Crippen LogP contribution is -2.03. The normalized spacial score (nSPS) is 10.9. The third kappa shape index (κ3) is 3.02. The van der Waals surface area contributed by atoms with Gasteiger partial charge in [0.15, 0.2) is 5.65 Å². The van der Waals surface area contributed by atoms with Gasteiger partial charge in [-0.15, -0.1) is 4.91 Å². The number of hydrogen-bond donors (Lipinski definition) is 1. The number of aromatic nitrogens is 4. The fraction of sp³-hybridized carbons (Fsp3) is 0.105. The molecule has 0 radical (unpaired) electrons. The van der Waals surface area contributed by atoms with E-state index in [1.807, 2.05) is 41.1 Å². The Morgan fingerprint density at radius 3 is 2.62 bits per heavy atom. The molecule has 0 aliphatic carbocycles. The third-order valence-electron chi connectivity index (χ3n) is 4.19. The van der Waals surface area contributed by atoms with Gasteiger partial charge in [0.05, 0.1) is 17.6 Å². The molecule has 4 aromatic rings. The summed E-state index contributed by atoms with van der Waals surface area (Å²) in [5.74, 6) is 0.397. The lowest BCUT2D eigenvalue weighted by atomic mass is 10.1. The van der Waals surface area contributed by atoms with Crippen LogP contribution < -0.4 is 5.73 Å². The topological polar surface area (TPSA) is 99.0 Å². The summed E-state index contributed by atoms with van der Waals surface area (Å²) in [6, 6.07) is 17.2. The molecule has 0 amide bonds. The van der Waals surface area contributed by atoms with Crippen LogP contribution in [0.2, 0.25) is 0 Å². The number of hydrogen-bond acceptors (Lipinski definition) is 6. The molecule has 128 valence electrons. The predicted molar refractivity (Wildman–Crippen MR) is 100.0 cm³/mol. The van der Waals surface area contributed by atoms with Crippen LogP contribution in [0.4, 0.5) is 11.5 Å². The molecule has 0 saturated carbocycles. The first-order valence-corrected chi connectivity index (χ1v) is 8.16. The van der Waals surface area contributed by atoms with Gasteiger partial charge >= 0.3 is 0 Å². The van der Waals surface area contributed by atoms with Gasteiger partial charge in [0, 0.05) is 6.42 Å². The lowest BCUT2D eigenvalue weighted by Gasteiger charge is -2.02. The van der Waals surface area contributed by atoms with Crippen LogP contribution in [0.1, 0.15) is 16.8 Å². The molecule has 7 nitrogen and oxygen atoms in total. The van der Waals surface area contributed by atoms with Gasteiger partial charge in [0.25, 0.3) is 0 Å². The third-order valence-corrected chi connectivity index (χ3v) is 4.19. The minimum absolute atomic E-state index is 0.389. The molecule has 0 saturated heterocycles. The van der Waals surface area contributed by atoms with E-state index in [2.05, 4.69) is 15.1 Å². The maximum absolute atomic E-state index is 10.8. The first-order chi connectivity index (χ1) is 12.7. The zero-order chi connectivity index (χ0) is 17.9. The Hall–Kier alpha value is -3.61. The SMILES string of the molecule is Nc1ncnc2c1c(Cc1cccc(N=O)c1)nn2Cc1ccccc1. The summed E-state index contributed by atoms with van der Waals surface area (Å²) in [5, 5.41) is 8.45. The van der Waals surface area contributed by atoms with E-state index >= 15 is 0 Å². The summed E-state index contributed by atoms with van der Waals surface area (Å²) in [6.45, 7) is 0.587. The second-order valence-electron chi connectivity index (χ2n) is 5.99. The Bertz CT molecular complexity index is 1070. The minimum Gasteiger partial charge on any atom is -0.383 e. The summed E-state index contributed by atoms with van der Waals surface area (Å²) >= 11 is 0. The first kappa shape index (κ1) is 15.9. The average Bonchev–Trinajstić information content (AvgIpc) is 3.01. The van der Waals surface area contributed by atoms with Crippen molar-refractivity contribution < 1.29 is 0 Å². The van der Waals surface area contributed by atoms with Gasteiger partial charge < -0.3 is 5.73 Å². The van der Waals surface area contributed by atoms with E-state index in [1.54, 1.807) is 18.2 Å². The number of nitrogen functional groups attached to an aromatic ring is 1. The zero-order valence-corrected chi connectivity index (χ0v) is 13.9. The number of benzene rings is 2. The summed E-state index contributed by atoms with van der Waals surface area (Å²) in [6.07, 6.45) is 1.96. The molecular weight excluding hydrogens is 328 g/mol. The van der Waals surface area contributed by atoms with E-state index in [1.165, 1.54) is 6.33 Å². The Labute approximate surface area is 149 Å². The van der Waals surface area contributed by atoms with Crippen LogP contribution in [0.3, 0.4) is 0 Å². The van der Waals surface area contributed by atoms with Gasteiger partial charge in [-0.2, -0.15) is 5.10 Å². The van der Waals surface area contributed by atoms with Gasteiger partial charge in [-0.05, 0) is 28.4 Å². The Morgan fingerprint density at radius 2 is 1.81 bits per heavy atom.